The number of aromatic nitrogens is 3. The molecule has 1 N–H and O–H groups in total. The van der Waals surface area contributed by atoms with Gasteiger partial charge >= 0.3 is 12.1 Å². The first-order chi connectivity index (χ1) is 14.2. The first-order valence-electron chi connectivity index (χ1n) is 8.76. The second kappa shape index (κ2) is 8.39. The largest absolute Gasteiger partial charge is 0.490 e. The quantitative estimate of drug-likeness (QED) is 0.681. The highest BCUT2D eigenvalue weighted by Crippen LogP contribution is 2.25. The molecular weight excluding hydrogens is 405 g/mol. The van der Waals surface area contributed by atoms with Gasteiger partial charge in [-0.1, -0.05) is 0 Å². The van der Waals surface area contributed by atoms with E-state index < -0.39 is 12.1 Å². The van der Waals surface area contributed by atoms with Crippen molar-refractivity contribution >= 4 is 11.9 Å². The molecule has 30 heavy (non-hydrogen) atoms. The van der Waals surface area contributed by atoms with Gasteiger partial charge in [0.25, 0.3) is 5.91 Å². The molecule has 8 nitrogen and oxygen atoms in total. The molecule has 0 spiro atoms. The van der Waals surface area contributed by atoms with E-state index in [4.69, 9.17) is 14.3 Å². The van der Waals surface area contributed by atoms with E-state index in [1.807, 2.05) is 30.0 Å². The molecule has 0 aliphatic carbocycles. The molecule has 11 heteroatoms. The van der Waals surface area contributed by atoms with Gasteiger partial charge in [-0.25, -0.2) is 9.78 Å². The van der Waals surface area contributed by atoms with Gasteiger partial charge in [-0.3, -0.25) is 9.78 Å². The minimum Gasteiger partial charge on any atom is -0.475 e. The van der Waals surface area contributed by atoms with E-state index in [1.54, 1.807) is 24.9 Å². The zero-order valence-corrected chi connectivity index (χ0v) is 15.8. The minimum atomic E-state index is -5.08. The molecule has 4 rings (SSSR count). The van der Waals surface area contributed by atoms with Gasteiger partial charge in [0.2, 0.25) is 0 Å². The summed E-state index contributed by atoms with van der Waals surface area (Å²) in [7, 11) is 0. The maximum absolute atomic E-state index is 12.6. The van der Waals surface area contributed by atoms with Crippen LogP contribution in [-0.4, -0.2) is 49.1 Å². The maximum Gasteiger partial charge on any atom is 0.490 e. The van der Waals surface area contributed by atoms with E-state index >= 15 is 0 Å². The van der Waals surface area contributed by atoms with Crippen LogP contribution < -0.4 is 0 Å². The van der Waals surface area contributed by atoms with Crippen molar-refractivity contribution in [3.8, 4) is 11.5 Å². The molecule has 0 saturated heterocycles. The smallest absolute Gasteiger partial charge is 0.475 e. The van der Waals surface area contributed by atoms with Gasteiger partial charge in [0.1, 0.15) is 11.5 Å². The van der Waals surface area contributed by atoms with Crippen LogP contribution in [0.2, 0.25) is 0 Å². The second-order valence-electron chi connectivity index (χ2n) is 6.47. The summed E-state index contributed by atoms with van der Waals surface area (Å²) in [5, 5.41) is 7.12. The number of carbonyl (C=O) groups is 2. The molecule has 1 aliphatic heterocycles. The van der Waals surface area contributed by atoms with Crippen LogP contribution in [-0.2, 0) is 17.9 Å². The monoisotopic (exact) mass is 422 g/mol. The van der Waals surface area contributed by atoms with Crippen LogP contribution in [0.15, 0.2) is 47.5 Å². The van der Waals surface area contributed by atoms with Gasteiger partial charge in [-0.05, 0) is 30.7 Å². The van der Waals surface area contributed by atoms with E-state index in [2.05, 4.69) is 14.5 Å². The van der Waals surface area contributed by atoms with Crippen molar-refractivity contribution in [2.45, 2.75) is 26.2 Å². The number of aryl methyl sites for hydroxylation is 1. The number of rotatable bonds is 2. The van der Waals surface area contributed by atoms with Crippen LogP contribution in [0.25, 0.3) is 11.5 Å². The fourth-order valence-corrected chi connectivity index (χ4v) is 2.91. The summed E-state index contributed by atoms with van der Waals surface area (Å²) in [6.07, 6.45) is 1.73. The predicted molar refractivity (Wildman–Crippen MR) is 97.3 cm³/mol. The van der Waals surface area contributed by atoms with Gasteiger partial charge in [0.05, 0.1) is 24.6 Å². The number of alkyl halides is 3. The number of hydrogen-bond donors (Lipinski definition) is 1. The Balaban J connectivity index is 0.000000318. The lowest BCUT2D eigenvalue weighted by Crippen LogP contribution is -2.38. The fourth-order valence-electron chi connectivity index (χ4n) is 2.91. The summed E-state index contributed by atoms with van der Waals surface area (Å²) in [4.78, 5) is 31.9. The lowest BCUT2D eigenvalue weighted by molar-refractivity contribution is -0.192. The Bertz CT molecular complexity index is 1040. The third kappa shape index (κ3) is 4.67. The molecular formula is C19H17F3N4O4. The molecule has 0 fully saturated rings. The molecule has 158 valence electrons. The summed E-state index contributed by atoms with van der Waals surface area (Å²) < 4.78 is 39.3. The van der Waals surface area contributed by atoms with Crippen molar-refractivity contribution in [1.82, 2.24) is 19.4 Å². The summed E-state index contributed by atoms with van der Waals surface area (Å²) in [6, 6.07) is 5.64. The molecule has 0 atom stereocenters. The van der Waals surface area contributed by atoms with E-state index in [0.717, 1.165) is 22.8 Å². The lowest BCUT2D eigenvalue weighted by Gasteiger charge is -2.28. The number of pyridine rings is 1. The van der Waals surface area contributed by atoms with Crippen molar-refractivity contribution in [1.29, 1.82) is 0 Å². The van der Waals surface area contributed by atoms with Crippen LogP contribution in [0.5, 0.6) is 0 Å². The number of halogens is 3. The topological polar surface area (TPSA) is 101 Å². The molecule has 0 bridgehead atoms. The van der Waals surface area contributed by atoms with Crippen molar-refractivity contribution in [2.75, 3.05) is 6.54 Å². The molecule has 3 aromatic rings. The maximum atomic E-state index is 12.6. The Kier molecular flexibility index (Phi) is 5.90. The van der Waals surface area contributed by atoms with Crippen LogP contribution in [0, 0.1) is 6.92 Å². The number of imidazole rings is 1. The Labute approximate surface area is 168 Å². The number of hydrogen-bond acceptors (Lipinski definition) is 5. The zero-order valence-electron chi connectivity index (χ0n) is 15.8. The fraction of sp³-hybridized carbons (Fsp3) is 0.263. The molecule has 0 aromatic carbocycles. The molecule has 0 radical (unpaired) electrons. The molecule has 0 saturated carbocycles. The van der Waals surface area contributed by atoms with E-state index in [9.17, 15) is 18.0 Å². The third-order valence-electron chi connectivity index (χ3n) is 4.29. The van der Waals surface area contributed by atoms with Gasteiger partial charge in [0, 0.05) is 25.5 Å². The lowest BCUT2D eigenvalue weighted by atomic mass is 10.2. The molecule has 4 heterocycles. The molecule has 1 aliphatic rings. The average Bonchev–Trinajstić information content (AvgIpc) is 3.36. The van der Waals surface area contributed by atoms with Gasteiger partial charge in [0.15, 0.2) is 5.76 Å². The summed E-state index contributed by atoms with van der Waals surface area (Å²) in [5.74, 6) is -1.09. The van der Waals surface area contributed by atoms with Gasteiger partial charge in [-0.2, -0.15) is 13.2 Å². The zero-order chi connectivity index (χ0) is 21.9. The van der Waals surface area contributed by atoms with Crippen molar-refractivity contribution in [3.63, 3.8) is 0 Å². The Morgan fingerprint density at radius 2 is 1.93 bits per heavy atom. The highest BCUT2D eigenvalue weighted by molar-refractivity contribution is 5.94. The first kappa shape index (κ1) is 21.1. The Morgan fingerprint density at radius 3 is 2.53 bits per heavy atom. The number of aliphatic carboxylic acids is 1. The van der Waals surface area contributed by atoms with Gasteiger partial charge < -0.3 is 19.0 Å². The number of amides is 1. The van der Waals surface area contributed by atoms with Crippen molar-refractivity contribution in [3.05, 3.63) is 60.0 Å². The molecule has 3 aromatic heterocycles. The van der Waals surface area contributed by atoms with Crippen molar-refractivity contribution < 1.29 is 32.3 Å². The number of furan rings is 1. The van der Waals surface area contributed by atoms with Crippen molar-refractivity contribution in [2.24, 2.45) is 0 Å². The van der Waals surface area contributed by atoms with E-state index in [1.165, 1.54) is 0 Å². The highest BCUT2D eigenvalue weighted by atomic mass is 19.4. The summed E-state index contributed by atoms with van der Waals surface area (Å²) in [5.41, 5.74) is 2.56. The number of carboxylic acids is 1. The average molecular weight is 422 g/mol. The third-order valence-corrected chi connectivity index (χ3v) is 4.29. The second-order valence-corrected chi connectivity index (χ2v) is 6.47. The summed E-state index contributed by atoms with van der Waals surface area (Å²) in [6.45, 7) is 3.77. The van der Waals surface area contributed by atoms with E-state index in [-0.39, 0.29) is 5.91 Å². The SMILES string of the molecule is Cc1cncc(C(=O)N2CCn3c(-c4ccco4)cnc3C2)c1.O=C(O)C(F)(F)F. The number of carboxylic acid groups (broad SMARTS) is 1. The number of carbonyl (C=O) groups excluding carboxylic acids is 1. The summed E-state index contributed by atoms with van der Waals surface area (Å²) >= 11 is 0. The van der Waals surface area contributed by atoms with Gasteiger partial charge in [-0.15, -0.1) is 0 Å². The molecule has 0 unspecified atom stereocenters. The Hall–Kier alpha value is -3.63. The van der Waals surface area contributed by atoms with Crippen LogP contribution >= 0.6 is 0 Å². The number of nitrogens with zero attached hydrogens (tertiary/aromatic N) is 4. The van der Waals surface area contributed by atoms with E-state index in [0.29, 0.717) is 25.2 Å². The highest BCUT2D eigenvalue weighted by Gasteiger charge is 2.38. The first-order valence-corrected chi connectivity index (χ1v) is 8.76. The molecule has 1 amide bonds. The number of fused-ring (bicyclic) bond motifs is 1. The van der Waals surface area contributed by atoms with Crippen LogP contribution in [0.4, 0.5) is 13.2 Å². The standard InChI is InChI=1S/C17H16N4O2.C2HF3O2/c1-12-7-13(9-18-8-12)17(22)20-4-5-21-14(10-19-16(21)11-20)15-3-2-6-23-15;3-2(4,5)1(6)7/h2-3,6-10H,4-5,11H2,1H3;(H,6,7). The van der Waals surface area contributed by atoms with Crippen LogP contribution in [0.1, 0.15) is 21.7 Å². The predicted octanol–water partition coefficient (Wildman–Crippen LogP) is 3.14. The Morgan fingerprint density at radius 1 is 1.20 bits per heavy atom. The van der Waals surface area contributed by atoms with Crippen LogP contribution in [0.3, 0.4) is 0 Å². The minimum absolute atomic E-state index is 0.00463. The normalized spacial score (nSPS) is 13.3.